The monoisotopic (exact) mass is 193 g/mol. The third-order valence-electron chi connectivity index (χ3n) is 1.90. The fraction of sp³-hybridized carbons (Fsp3) is 0.182. The van der Waals surface area contributed by atoms with Gasteiger partial charge in [0.05, 0.1) is 6.42 Å². The van der Waals surface area contributed by atoms with E-state index in [1.54, 1.807) is 12.1 Å². The standard InChI is InChI=1S/C11H12FNO/c1-2-3-8-6-10(12)5-4-9(8)7-11(13)14/h2,4-6H,1,3,7H2,(H2,13,14). The Morgan fingerprint density at radius 3 is 2.79 bits per heavy atom. The number of benzene rings is 1. The second-order valence-corrected chi connectivity index (χ2v) is 3.05. The summed E-state index contributed by atoms with van der Waals surface area (Å²) in [6.07, 6.45) is 2.35. The average molecular weight is 193 g/mol. The smallest absolute Gasteiger partial charge is 0.221 e. The van der Waals surface area contributed by atoms with Crippen LogP contribution >= 0.6 is 0 Å². The van der Waals surface area contributed by atoms with E-state index in [9.17, 15) is 9.18 Å². The quantitative estimate of drug-likeness (QED) is 0.725. The van der Waals surface area contributed by atoms with E-state index in [2.05, 4.69) is 6.58 Å². The minimum absolute atomic E-state index is 0.142. The summed E-state index contributed by atoms with van der Waals surface area (Å²) >= 11 is 0. The van der Waals surface area contributed by atoms with E-state index < -0.39 is 5.91 Å². The molecule has 2 N–H and O–H groups in total. The van der Waals surface area contributed by atoms with Gasteiger partial charge in [-0.05, 0) is 29.7 Å². The van der Waals surface area contributed by atoms with Gasteiger partial charge < -0.3 is 5.73 Å². The Labute approximate surface area is 82.2 Å². The van der Waals surface area contributed by atoms with Gasteiger partial charge in [0.15, 0.2) is 0 Å². The van der Waals surface area contributed by atoms with Crippen molar-refractivity contribution >= 4 is 5.91 Å². The number of carbonyl (C=O) groups excluding carboxylic acids is 1. The lowest BCUT2D eigenvalue weighted by Crippen LogP contribution is -2.14. The molecule has 0 fully saturated rings. The fourth-order valence-electron chi connectivity index (χ4n) is 1.30. The van der Waals surface area contributed by atoms with Crippen LogP contribution in [0, 0.1) is 5.82 Å². The van der Waals surface area contributed by atoms with Gasteiger partial charge in [-0.2, -0.15) is 0 Å². The Balaban J connectivity index is 3.01. The van der Waals surface area contributed by atoms with E-state index in [0.29, 0.717) is 6.42 Å². The number of hydrogen-bond acceptors (Lipinski definition) is 1. The Kier molecular flexibility index (Phi) is 3.40. The van der Waals surface area contributed by atoms with Crippen LogP contribution in [0.2, 0.25) is 0 Å². The molecule has 1 amide bonds. The van der Waals surface area contributed by atoms with Gasteiger partial charge in [0, 0.05) is 0 Å². The zero-order valence-corrected chi connectivity index (χ0v) is 7.79. The predicted molar refractivity (Wildman–Crippen MR) is 53.2 cm³/mol. The highest BCUT2D eigenvalue weighted by molar-refractivity contribution is 5.77. The van der Waals surface area contributed by atoms with Crippen LogP contribution in [0.15, 0.2) is 30.9 Å². The molecule has 0 radical (unpaired) electrons. The first-order valence-electron chi connectivity index (χ1n) is 4.30. The van der Waals surface area contributed by atoms with Gasteiger partial charge in [0.2, 0.25) is 5.91 Å². The van der Waals surface area contributed by atoms with Gasteiger partial charge in [-0.3, -0.25) is 4.79 Å². The van der Waals surface area contributed by atoms with Crippen LogP contribution in [0.1, 0.15) is 11.1 Å². The summed E-state index contributed by atoms with van der Waals surface area (Å²) in [4.78, 5) is 10.7. The molecule has 0 aliphatic carbocycles. The summed E-state index contributed by atoms with van der Waals surface area (Å²) in [6.45, 7) is 3.57. The maximum Gasteiger partial charge on any atom is 0.221 e. The predicted octanol–water partition coefficient (Wildman–Crippen LogP) is 1.58. The number of halogens is 1. The highest BCUT2D eigenvalue weighted by Gasteiger charge is 2.05. The van der Waals surface area contributed by atoms with Crippen molar-refractivity contribution in [2.75, 3.05) is 0 Å². The van der Waals surface area contributed by atoms with Gasteiger partial charge >= 0.3 is 0 Å². The molecule has 14 heavy (non-hydrogen) atoms. The van der Waals surface area contributed by atoms with Gasteiger partial charge in [-0.25, -0.2) is 4.39 Å². The summed E-state index contributed by atoms with van der Waals surface area (Å²) in [7, 11) is 0. The van der Waals surface area contributed by atoms with Crippen molar-refractivity contribution in [1.82, 2.24) is 0 Å². The second kappa shape index (κ2) is 4.56. The average Bonchev–Trinajstić information content (AvgIpc) is 2.09. The second-order valence-electron chi connectivity index (χ2n) is 3.05. The fourth-order valence-corrected chi connectivity index (χ4v) is 1.30. The van der Waals surface area contributed by atoms with Crippen molar-refractivity contribution in [3.05, 3.63) is 47.8 Å². The van der Waals surface area contributed by atoms with Crippen molar-refractivity contribution in [2.45, 2.75) is 12.8 Å². The molecule has 0 saturated carbocycles. The molecule has 0 heterocycles. The van der Waals surface area contributed by atoms with Gasteiger partial charge in [-0.15, -0.1) is 6.58 Å². The van der Waals surface area contributed by atoms with E-state index in [1.165, 1.54) is 12.1 Å². The molecule has 0 unspecified atom stereocenters. The number of hydrogen-bond donors (Lipinski definition) is 1. The van der Waals surface area contributed by atoms with Crippen LogP contribution in [-0.2, 0) is 17.6 Å². The van der Waals surface area contributed by atoms with Crippen molar-refractivity contribution < 1.29 is 9.18 Å². The largest absolute Gasteiger partial charge is 0.369 e. The lowest BCUT2D eigenvalue weighted by Gasteiger charge is -2.05. The number of allylic oxidation sites excluding steroid dienone is 1. The Hall–Kier alpha value is -1.64. The Morgan fingerprint density at radius 1 is 1.50 bits per heavy atom. The van der Waals surface area contributed by atoms with Crippen molar-refractivity contribution in [3.63, 3.8) is 0 Å². The van der Waals surface area contributed by atoms with E-state index in [0.717, 1.165) is 11.1 Å². The number of nitrogens with two attached hydrogens (primary N) is 1. The van der Waals surface area contributed by atoms with E-state index >= 15 is 0 Å². The molecule has 2 nitrogen and oxygen atoms in total. The Morgan fingerprint density at radius 2 is 2.21 bits per heavy atom. The van der Waals surface area contributed by atoms with Crippen LogP contribution < -0.4 is 5.73 Å². The number of primary amides is 1. The number of amides is 1. The highest BCUT2D eigenvalue weighted by atomic mass is 19.1. The maximum atomic E-state index is 12.9. The third kappa shape index (κ3) is 2.69. The van der Waals surface area contributed by atoms with Crippen molar-refractivity contribution in [1.29, 1.82) is 0 Å². The molecule has 0 atom stereocenters. The summed E-state index contributed by atoms with van der Waals surface area (Å²) in [5.41, 5.74) is 6.59. The van der Waals surface area contributed by atoms with Crippen LogP contribution in [0.4, 0.5) is 4.39 Å². The molecule has 74 valence electrons. The first-order chi connectivity index (χ1) is 6.63. The highest BCUT2D eigenvalue weighted by Crippen LogP contribution is 2.13. The topological polar surface area (TPSA) is 43.1 Å². The summed E-state index contributed by atoms with van der Waals surface area (Å²) in [5, 5.41) is 0. The van der Waals surface area contributed by atoms with Crippen LogP contribution in [0.25, 0.3) is 0 Å². The van der Waals surface area contributed by atoms with Gasteiger partial charge in [0.1, 0.15) is 5.82 Å². The van der Waals surface area contributed by atoms with Gasteiger partial charge in [0.25, 0.3) is 0 Å². The molecule has 0 spiro atoms. The van der Waals surface area contributed by atoms with Crippen LogP contribution in [0.5, 0.6) is 0 Å². The van der Waals surface area contributed by atoms with E-state index in [1.807, 2.05) is 0 Å². The normalized spacial score (nSPS) is 9.79. The van der Waals surface area contributed by atoms with Crippen LogP contribution in [0.3, 0.4) is 0 Å². The van der Waals surface area contributed by atoms with Crippen LogP contribution in [-0.4, -0.2) is 5.91 Å². The van der Waals surface area contributed by atoms with Crippen molar-refractivity contribution in [2.24, 2.45) is 5.73 Å². The molecule has 1 aromatic rings. The van der Waals surface area contributed by atoms with Gasteiger partial charge in [-0.1, -0.05) is 12.1 Å². The molecular weight excluding hydrogens is 181 g/mol. The minimum atomic E-state index is -0.415. The lowest BCUT2D eigenvalue weighted by molar-refractivity contribution is -0.117. The molecule has 1 rings (SSSR count). The number of rotatable bonds is 4. The van der Waals surface area contributed by atoms with Crippen molar-refractivity contribution in [3.8, 4) is 0 Å². The molecule has 1 aromatic carbocycles. The molecule has 0 aliphatic rings. The SMILES string of the molecule is C=CCc1cc(F)ccc1CC(N)=O. The summed E-state index contributed by atoms with van der Waals surface area (Å²) < 4.78 is 12.9. The molecule has 0 aliphatic heterocycles. The van der Waals surface area contributed by atoms with E-state index in [-0.39, 0.29) is 12.2 Å². The number of carbonyl (C=O) groups is 1. The lowest BCUT2D eigenvalue weighted by atomic mass is 10.0. The minimum Gasteiger partial charge on any atom is -0.369 e. The molecule has 0 saturated heterocycles. The first-order valence-corrected chi connectivity index (χ1v) is 4.30. The zero-order chi connectivity index (χ0) is 10.6. The third-order valence-corrected chi connectivity index (χ3v) is 1.90. The molecule has 0 aromatic heterocycles. The summed E-state index contributed by atoms with van der Waals surface area (Å²) in [5.74, 6) is -0.725. The Bertz CT molecular complexity index is 360. The van der Waals surface area contributed by atoms with E-state index in [4.69, 9.17) is 5.73 Å². The first kappa shape index (κ1) is 10.4. The zero-order valence-electron chi connectivity index (χ0n) is 7.79. The molecular formula is C11H12FNO. The maximum absolute atomic E-state index is 12.9. The molecule has 0 bridgehead atoms. The molecule has 3 heteroatoms. The summed E-state index contributed by atoms with van der Waals surface area (Å²) in [6, 6.07) is 4.31.